The number of phenolic OH excluding ortho intramolecular Hbond substituents is 1. The van der Waals surface area contributed by atoms with E-state index in [2.05, 4.69) is 26.6 Å². The van der Waals surface area contributed by atoms with Crippen LogP contribution in [0.3, 0.4) is 0 Å². The molecule has 5 atom stereocenters. The van der Waals surface area contributed by atoms with E-state index in [0.717, 1.165) is 0 Å². The van der Waals surface area contributed by atoms with Gasteiger partial charge in [-0.2, -0.15) is 11.8 Å². The average molecular weight is 696 g/mol. The lowest BCUT2D eigenvalue weighted by Gasteiger charge is -2.28. The second kappa shape index (κ2) is 22.5. The van der Waals surface area contributed by atoms with Crippen LogP contribution >= 0.6 is 11.8 Å². The smallest absolute Gasteiger partial charge is 0.326 e. The fourth-order valence-electron chi connectivity index (χ4n) is 4.61. The van der Waals surface area contributed by atoms with Crippen molar-refractivity contribution in [2.24, 2.45) is 23.1 Å². The number of carbonyl (C=O) groups excluding carboxylic acids is 4. The van der Waals surface area contributed by atoms with Crippen molar-refractivity contribution in [2.75, 3.05) is 25.1 Å². The van der Waals surface area contributed by atoms with Crippen LogP contribution in [0.4, 0.5) is 0 Å². The average Bonchev–Trinajstić information content (AvgIpc) is 3.03. The number of aromatic hydroxyl groups is 1. The molecular weight excluding hydrogens is 642 g/mol. The highest BCUT2D eigenvalue weighted by molar-refractivity contribution is 7.98. The van der Waals surface area contributed by atoms with Crippen molar-refractivity contribution in [3.8, 4) is 5.75 Å². The Balaban J connectivity index is 3.05. The molecule has 0 saturated carbocycles. The summed E-state index contributed by atoms with van der Waals surface area (Å²) in [4.78, 5) is 65.2. The van der Waals surface area contributed by atoms with E-state index in [1.165, 1.54) is 23.9 Å². The van der Waals surface area contributed by atoms with E-state index in [9.17, 15) is 34.2 Å². The number of thioether (sulfide) groups is 1. The number of aliphatic carboxylic acids is 1. The molecular formula is C31H53N9O7S. The van der Waals surface area contributed by atoms with Gasteiger partial charge in [-0.15, -0.1) is 0 Å². The van der Waals surface area contributed by atoms with E-state index in [1.807, 2.05) is 6.26 Å². The molecule has 0 bridgehead atoms. The number of nitrogens with two attached hydrogens (primary N) is 3. The lowest BCUT2D eigenvalue weighted by atomic mass is 10.0. The van der Waals surface area contributed by atoms with Crippen molar-refractivity contribution in [1.82, 2.24) is 26.6 Å². The summed E-state index contributed by atoms with van der Waals surface area (Å²) in [5.41, 5.74) is 17.5. The van der Waals surface area contributed by atoms with Gasteiger partial charge in [-0.25, -0.2) is 4.79 Å². The number of rotatable bonds is 23. The van der Waals surface area contributed by atoms with E-state index < -0.39 is 59.8 Å². The number of unbranched alkanes of at least 4 members (excludes halogenated alkanes) is 1. The number of benzene rings is 1. The number of phenols is 1. The Hall–Kier alpha value is -4.09. The highest BCUT2D eigenvalue weighted by Crippen LogP contribution is 2.13. The van der Waals surface area contributed by atoms with Gasteiger partial charge in [0.25, 0.3) is 0 Å². The standard InChI is InChI=1S/C31H53N9O7S/c1-18(2)25(40-26(42)21(33)7-6-15-36-31(34)35)29(45)38-23(13-16-48-3)28(44)37-22(8-4-5-14-32)27(43)39-24(30(46)47)17-19-9-11-20(41)12-10-19/h9-12,18,21-25,41H,4-8,13-17,32-33H2,1-3H3,(H,37,44)(H,38,45)(H,39,43)(H,40,42)(H,46,47)(H4,34,35,36). The molecule has 0 saturated heterocycles. The SMILES string of the molecule is CSCCC(NC(=O)C(NC(=O)C(N)CCCNC(=N)N)C(C)C)C(=O)NC(CCCCN)C(=O)NC(Cc1ccc(O)cc1)C(=O)O. The first-order chi connectivity index (χ1) is 22.7. The minimum atomic E-state index is -1.31. The number of amides is 4. The van der Waals surface area contributed by atoms with Gasteiger partial charge < -0.3 is 54.0 Å². The predicted octanol–water partition coefficient (Wildman–Crippen LogP) is -0.913. The quantitative estimate of drug-likeness (QED) is 0.0377. The van der Waals surface area contributed by atoms with Gasteiger partial charge in [0.05, 0.1) is 6.04 Å². The first kappa shape index (κ1) is 41.9. The summed E-state index contributed by atoms with van der Waals surface area (Å²) >= 11 is 1.45. The zero-order chi connectivity index (χ0) is 36.2. The molecule has 0 aromatic heterocycles. The number of carbonyl (C=O) groups is 5. The molecule has 1 aromatic rings. The summed E-state index contributed by atoms with van der Waals surface area (Å²) in [6, 6.07) is 0.502. The Morgan fingerprint density at radius 3 is 1.96 bits per heavy atom. The lowest BCUT2D eigenvalue weighted by Crippen LogP contribution is -2.59. The molecule has 4 amide bonds. The van der Waals surface area contributed by atoms with Gasteiger partial charge in [0.2, 0.25) is 23.6 Å². The molecule has 0 fully saturated rings. The van der Waals surface area contributed by atoms with Gasteiger partial charge >= 0.3 is 5.97 Å². The van der Waals surface area contributed by atoms with E-state index >= 15 is 0 Å². The molecule has 0 heterocycles. The van der Waals surface area contributed by atoms with Crippen LogP contribution < -0.4 is 43.8 Å². The van der Waals surface area contributed by atoms with E-state index in [-0.39, 0.29) is 43.3 Å². The number of carboxylic acid groups (broad SMARTS) is 1. The summed E-state index contributed by atoms with van der Waals surface area (Å²) in [5, 5.41) is 39.7. The molecule has 1 aromatic carbocycles. The van der Waals surface area contributed by atoms with Crippen molar-refractivity contribution in [2.45, 2.75) is 89.0 Å². The van der Waals surface area contributed by atoms with Crippen molar-refractivity contribution >= 4 is 47.3 Å². The summed E-state index contributed by atoms with van der Waals surface area (Å²) < 4.78 is 0. The number of hydrogen-bond donors (Lipinski definition) is 11. The Bertz CT molecular complexity index is 1200. The molecule has 14 N–H and O–H groups in total. The monoisotopic (exact) mass is 695 g/mol. The van der Waals surface area contributed by atoms with Gasteiger partial charge in [-0.1, -0.05) is 26.0 Å². The van der Waals surface area contributed by atoms with E-state index in [4.69, 9.17) is 22.6 Å². The van der Waals surface area contributed by atoms with Crippen LogP contribution in [-0.2, 0) is 30.4 Å². The van der Waals surface area contributed by atoms with Gasteiger partial charge in [-0.05, 0) is 80.7 Å². The van der Waals surface area contributed by atoms with Gasteiger partial charge in [0.1, 0.15) is 29.9 Å². The van der Waals surface area contributed by atoms with Crippen LogP contribution in [0, 0.1) is 11.3 Å². The maximum Gasteiger partial charge on any atom is 0.326 e. The molecule has 0 spiro atoms. The van der Waals surface area contributed by atoms with E-state index in [1.54, 1.807) is 26.0 Å². The highest BCUT2D eigenvalue weighted by atomic mass is 32.2. The minimum Gasteiger partial charge on any atom is -0.508 e. The summed E-state index contributed by atoms with van der Waals surface area (Å²) in [6.07, 6.45) is 3.95. The second-order valence-electron chi connectivity index (χ2n) is 11.8. The van der Waals surface area contributed by atoms with Crippen LogP contribution in [-0.4, -0.2) is 101 Å². The molecule has 16 nitrogen and oxygen atoms in total. The van der Waals surface area contributed by atoms with Crippen LogP contribution in [0.25, 0.3) is 0 Å². The largest absolute Gasteiger partial charge is 0.508 e. The molecule has 5 unspecified atom stereocenters. The molecule has 48 heavy (non-hydrogen) atoms. The van der Waals surface area contributed by atoms with Crippen LogP contribution in [0.15, 0.2) is 24.3 Å². The number of hydrogen-bond acceptors (Lipinski definition) is 10. The third-order valence-electron chi connectivity index (χ3n) is 7.41. The molecule has 0 aliphatic heterocycles. The third-order valence-corrected chi connectivity index (χ3v) is 8.05. The highest BCUT2D eigenvalue weighted by Gasteiger charge is 2.32. The van der Waals surface area contributed by atoms with Gasteiger partial charge in [-0.3, -0.25) is 24.6 Å². The molecule has 1 rings (SSSR count). The summed E-state index contributed by atoms with van der Waals surface area (Å²) in [6.45, 7) is 4.18. The Kier molecular flexibility index (Phi) is 19.6. The molecule has 0 aliphatic carbocycles. The summed E-state index contributed by atoms with van der Waals surface area (Å²) in [5.74, 6) is -3.82. The first-order valence-electron chi connectivity index (χ1n) is 15.9. The predicted molar refractivity (Wildman–Crippen MR) is 185 cm³/mol. The minimum absolute atomic E-state index is 0.0152. The van der Waals surface area contributed by atoms with Crippen molar-refractivity contribution < 1.29 is 34.2 Å². The molecule has 0 radical (unpaired) electrons. The fraction of sp³-hybridized carbons (Fsp3) is 0.613. The number of guanidine groups is 1. The van der Waals surface area contributed by atoms with Crippen molar-refractivity contribution in [1.29, 1.82) is 5.41 Å². The number of carboxylic acids is 1. The topological polar surface area (TPSA) is 288 Å². The molecule has 17 heteroatoms. The Morgan fingerprint density at radius 2 is 1.42 bits per heavy atom. The third kappa shape index (κ3) is 16.1. The van der Waals surface area contributed by atoms with Crippen LogP contribution in [0.1, 0.15) is 57.9 Å². The second-order valence-corrected chi connectivity index (χ2v) is 12.8. The van der Waals surface area contributed by atoms with Crippen molar-refractivity contribution in [3.05, 3.63) is 29.8 Å². The maximum atomic E-state index is 13.6. The Labute approximate surface area is 286 Å². The Morgan fingerprint density at radius 1 is 0.833 bits per heavy atom. The lowest BCUT2D eigenvalue weighted by molar-refractivity contribution is -0.142. The zero-order valence-electron chi connectivity index (χ0n) is 27.9. The first-order valence-corrected chi connectivity index (χ1v) is 17.3. The van der Waals surface area contributed by atoms with E-state index in [0.29, 0.717) is 43.7 Å². The van der Waals surface area contributed by atoms with Crippen LogP contribution in [0.2, 0.25) is 0 Å². The fourth-order valence-corrected chi connectivity index (χ4v) is 5.08. The zero-order valence-corrected chi connectivity index (χ0v) is 28.7. The van der Waals surface area contributed by atoms with Gasteiger partial charge in [0.15, 0.2) is 5.96 Å². The molecule has 270 valence electrons. The molecule has 0 aliphatic rings. The van der Waals surface area contributed by atoms with Crippen molar-refractivity contribution in [3.63, 3.8) is 0 Å². The van der Waals surface area contributed by atoms with Crippen LogP contribution in [0.5, 0.6) is 5.75 Å². The summed E-state index contributed by atoms with van der Waals surface area (Å²) in [7, 11) is 0. The number of nitrogens with one attached hydrogen (secondary N) is 6. The van der Waals surface area contributed by atoms with Gasteiger partial charge in [0, 0.05) is 13.0 Å². The maximum absolute atomic E-state index is 13.6. The normalized spacial score (nSPS) is 14.1.